The summed E-state index contributed by atoms with van der Waals surface area (Å²) >= 11 is 0. The monoisotopic (exact) mass is 227 g/mol. The molecule has 86 valence electrons. The molecule has 0 radical (unpaired) electrons. The van der Waals surface area contributed by atoms with Crippen molar-refractivity contribution in [2.45, 2.75) is 6.42 Å². The summed E-state index contributed by atoms with van der Waals surface area (Å²) in [5.74, 6) is 1.59. The predicted octanol–water partition coefficient (Wildman–Crippen LogP) is 2.16. The lowest BCUT2D eigenvalue weighted by Crippen LogP contribution is -1.94. The molecule has 4 heteroatoms. The Balaban J connectivity index is 2.49. The van der Waals surface area contributed by atoms with E-state index in [0.717, 1.165) is 22.8 Å². The van der Waals surface area contributed by atoms with Crippen molar-refractivity contribution in [2.75, 3.05) is 7.11 Å². The highest BCUT2D eigenvalue weighted by atomic mass is 16.5. The van der Waals surface area contributed by atoms with Gasteiger partial charge in [-0.2, -0.15) is 5.26 Å². The summed E-state index contributed by atoms with van der Waals surface area (Å²) in [4.78, 5) is 4.44. The maximum Gasteiger partial charge on any atom is 0.143 e. The number of hydrogen-bond donors (Lipinski definition) is 0. The van der Waals surface area contributed by atoms with Gasteiger partial charge in [0.15, 0.2) is 0 Å². The molecular formula is C13H13N3O. The molecule has 0 amide bonds. The minimum absolute atomic E-state index is 0.322. The average molecular weight is 227 g/mol. The van der Waals surface area contributed by atoms with Crippen LogP contribution in [0.15, 0.2) is 30.5 Å². The first-order valence-corrected chi connectivity index (χ1v) is 5.29. The Bertz CT molecular complexity index is 566. The van der Waals surface area contributed by atoms with Gasteiger partial charge in [0.1, 0.15) is 11.6 Å². The molecule has 17 heavy (non-hydrogen) atoms. The van der Waals surface area contributed by atoms with Gasteiger partial charge >= 0.3 is 0 Å². The van der Waals surface area contributed by atoms with Gasteiger partial charge in [-0.25, -0.2) is 4.98 Å². The van der Waals surface area contributed by atoms with E-state index in [1.54, 1.807) is 7.11 Å². The third kappa shape index (κ3) is 2.13. The molecule has 2 rings (SSSR count). The van der Waals surface area contributed by atoms with Crippen LogP contribution in [0.3, 0.4) is 0 Å². The van der Waals surface area contributed by atoms with Gasteiger partial charge < -0.3 is 9.30 Å². The summed E-state index contributed by atoms with van der Waals surface area (Å²) in [5.41, 5.74) is 1.71. The number of para-hydroxylation sites is 1. The van der Waals surface area contributed by atoms with Crippen molar-refractivity contribution in [2.24, 2.45) is 7.05 Å². The topological polar surface area (TPSA) is 50.8 Å². The zero-order valence-corrected chi connectivity index (χ0v) is 9.84. The Kier molecular flexibility index (Phi) is 3.10. The van der Waals surface area contributed by atoms with Gasteiger partial charge in [-0.1, -0.05) is 12.1 Å². The molecular weight excluding hydrogens is 214 g/mol. The number of nitriles is 1. The van der Waals surface area contributed by atoms with Crippen molar-refractivity contribution in [3.05, 3.63) is 36.2 Å². The summed E-state index contributed by atoms with van der Waals surface area (Å²) in [6.45, 7) is 0. The van der Waals surface area contributed by atoms with Gasteiger partial charge in [-0.05, 0) is 12.1 Å². The highest BCUT2D eigenvalue weighted by Gasteiger charge is 2.11. The number of rotatable bonds is 3. The van der Waals surface area contributed by atoms with Crippen molar-refractivity contribution < 1.29 is 4.74 Å². The van der Waals surface area contributed by atoms with Crippen LogP contribution in [0.2, 0.25) is 0 Å². The van der Waals surface area contributed by atoms with Gasteiger partial charge in [-0.3, -0.25) is 0 Å². The number of ether oxygens (including phenoxy) is 1. The number of hydrogen-bond acceptors (Lipinski definition) is 3. The lowest BCUT2D eigenvalue weighted by Gasteiger charge is -2.07. The molecule has 0 aliphatic carbocycles. The summed E-state index contributed by atoms with van der Waals surface area (Å²) in [6, 6.07) is 9.81. The number of aryl methyl sites for hydroxylation is 1. The van der Waals surface area contributed by atoms with E-state index >= 15 is 0 Å². The normalized spacial score (nSPS) is 9.94. The average Bonchev–Trinajstić information content (AvgIpc) is 2.70. The van der Waals surface area contributed by atoms with Crippen LogP contribution >= 0.6 is 0 Å². The van der Waals surface area contributed by atoms with Crippen LogP contribution in [0.4, 0.5) is 0 Å². The molecule has 1 aromatic carbocycles. The first-order valence-electron chi connectivity index (χ1n) is 5.29. The Labute approximate surface area is 100 Å². The molecule has 0 aliphatic rings. The Morgan fingerprint density at radius 1 is 1.41 bits per heavy atom. The quantitative estimate of drug-likeness (QED) is 0.807. The fourth-order valence-corrected chi connectivity index (χ4v) is 1.77. The fraction of sp³-hybridized carbons (Fsp3) is 0.231. The van der Waals surface area contributed by atoms with Crippen LogP contribution in [0.1, 0.15) is 5.69 Å². The SMILES string of the molecule is COc1ccccc1-c1nc(CC#N)cn1C. The number of nitrogens with zero attached hydrogens (tertiary/aromatic N) is 3. The molecule has 1 heterocycles. The van der Waals surface area contributed by atoms with E-state index in [1.807, 2.05) is 42.1 Å². The summed E-state index contributed by atoms with van der Waals surface area (Å²) in [7, 11) is 3.55. The summed E-state index contributed by atoms with van der Waals surface area (Å²) in [6.07, 6.45) is 2.19. The first kappa shape index (κ1) is 11.2. The Morgan fingerprint density at radius 3 is 2.88 bits per heavy atom. The van der Waals surface area contributed by atoms with Crippen molar-refractivity contribution in [3.63, 3.8) is 0 Å². The van der Waals surface area contributed by atoms with E-state index in [-0.39, 0.29) is 0 Å². The number of imidazole rings is 1. The Morgan fingerprint density at radius 2 is 2.18 bits per heavy atom. The molecule has 0 spiro atoms. The van der Waals surface area contributed by atoms with Crippen molar-refractivity contribution >= 4 is 0 Å². The zero-order valence-electron chi connectivity index (χ0n) is 9.84. The number of aromatic nitrogens is 2. The van der Waals surface area contributed by atoms with Gasteiger partial charge in [0.25, 0.3) is 0 Å². The predicted molar refractivity (Wildman–Crippen MR) is 64.5 cm³/mol. The maximum absolute atomic E-state index is 8.67. The summed E-state index contributed by atoms with van der Waals surface area (Å²) < 4.78 is 7.21. The largest absolute Gasteiger partial charge is 0.496 e. The molecule has 0 bridgehead atoms. The van der Waals surface area contributed by atoms with Crippen LogP contribution in [0.25, 0.3) is 11.4 Å². The second-order valence-corrected chi connectivity index (χ2v) is 3.70. The first-order chi connectivity index (χ1) is 8.26. The molecule has 0 unspecified atom stereocenters. The van der Waals surface area contributed by atoms with Gasteiger partial charge in [-0.15, -0.1) is 0 Å². The zero-order chi connectivity index (χ0) is 12.3. The van der Waals surface area contributed by atoms with Crippen molar-refractivity contribution in [3.8, 4) is 23.2 Å². The standard InChI is InChI=1S/C13H13N3O/c1-16-9-10(7-8-14)15-13(16)11-5-3-4-6-12(11)17-2/h3-6,9H,7H2,1-2H3. The second-order valence-electron chi connectivity index (χ2n) is 3.70. The van der Waals surface area contributed by atoms with E-state index in [9.17, 15) is 0 Å². The smallest absolute Gasteiger partial charge is 0.143 e. The second kappa shape index (κ2) is 4.71. The van der Waals surface area contributed by atoms with Gasteiger partial charge in [0, 0.05) is 13.2 Å². The molecule has 0 saturated carbocycles. The third-order valence-electron chi connectivity index (χ3n) is 2.53. The number of methoxy groups -OCH3 is 1. The molecule has 1 aromatic heterocycles. The lowest BCUT2D eigenvalue weighted by molar-refractivity contribution is 0.416. The van der Waals surface area contributed by atoms with Crippen LogP contribution in [0.5, 0.6) is 5.75 Å². The number of benzene rings is 1. The molecule has 0 saturated heterocycles. The highest BCUT2D eigenvalue weighted by molar-refractivity contribution is 5.64. The molecule has 0 fully saturated rings. The van der Waals surface area contributed by atoms with E-state index in [2.05, 4.69) is 11.1 Å². The third-order valence-corrected chi connectivity index (χ3v) is 2.53. The van der Waals surface area contributed by atoms with E-state index in [0.29, 0.717) is 6.42 Å². The van der Waals surface area contributed by atoms with Crippen LogP contribution in [-0.2, 0) is 13.5 Å². The van der Waals surface area contributed by atoms with Crippen molar-refractivity contribution in [1.29, 1.82) is 5.26 Å². The molecule has 0 N–H and O–H groups in total. The fourth-order valence-electron chi connectivity index (χ4n) is 1.77. The minimum Gasteiger partial charge on any atom is -0.496 e. The van der Waals surface area contributed by atoms with Crippen LogP contribution < -0.4 is 4.74 Å². The van der Waals surface area contributed by atoms with Crippen molar-refractivity contribution in [1.82, 2.24) is 9.55 Å². The van der Waals surface area contributed by atoms with E-state index in [4.69, 9.17) is 10.00 Å². The summed E-state index contributed by atoms with van der Waals surface area (Å²) in [5, 5.41) is 8.67. The molecule has 4 nitrogen and oxygen atoms in total. The highest BCUT2D eigenvalue weighted by Crippen LogP contribution is 2.28. The molecule has 0 aliphatic heterocycles. The maximum atomic E-state index is 8.67. The lowest BCUT2D eigenvalue weighted by atomic mass is 10.2. The van der Waals surface area contributed by atoms with Crippen LogP contribution in [0, 0.1) is 11.3 Å². The Hall–Kier alpha value is -2.28. The molecule has 2 aromatic rings. The van der Waals surface area contributed by atoms with E-state index in [1.165, 1.54) is 0 Å². The van der Waals surface area contributed by atoms with Gasteiger partial charge in [0.05, 0.1) is 30.9 Å². The molecule has 0 atom stereocenters. The van der Waals surface area contributed by atoms with Gasteiger partial charge in [0.2, 0.25) is 0 Å². The van der Waals surface area contributed by atoms with Crippen LogP contribution in [-0.4, -0.2) is 16.7 Å². The minimum atomic E-state index is 0.322. The van der Waals surface area contributed by atoms with E-state index < -0.39 is 0 Å².